The Morgan fingerprint density at radius 1 is 1.28 bits per heavy atom. The number of H-pyrrole nitrogens is 1. The Kier molecular flexibility index (Phi) is 5.70. The van der Waals surface area contributed by atoms with Crippen LogP contribution in [0.2, 0.25) is 0 Å². The van der Waals surface area contributed by atoms with Gasteiger partial charge in [0.05, 0.1) is 10.7 Å². The van der Waals surface area contributed by atoms with E-state index in [1.54, 1.807) is 33.4 Å². The Hall–Kier alpha value is -2.35. The summed E-state index contributed by atoms with van der Waals surface area (Å²) in [6.07, 6.45) is 3.43. The van der Waals surface area contributed by atoms with Gasteiger partial charge in [0.2, 0.25) is 0 Å². The van der Waals surface area contributed by atoms with Crippen LogP contribution in [0, 0.1) is 0 Å². The van der Waals surface area contributed by atoms with Gasteiger partial charge in [-0.1, -0.05) is 6.92 Å². The highest BCUT2D eigenvalue weighted by Gasteiger charge is 2.25. The summed E-state index contributed by atoms with van der Waals surface area (Å²) in [5.74, 6) is -0.0134. The summed E-state index contributed by atoms with van der Waals surface area (Å²) in [6.45, 7) is 4.87. The first-order valence-corrected chi connectivity index (χ1v) is 9.44. The number of nitrogens with zero attached hydrogens (tertiary/aromatic N) is 3. The summed E-state index contributed by atoms with van der Waals surface area (Å²) >= 11 is 1.64. The molecule has 3 amide bonds. The van der Waals surface area contributed by atoms with Crippen molar-refractivity contribution in [1.82, 2.24) is 25.1 Å². The van der Waals surface area contributed by atoms with E-state index in [9.17, 15) is 9.59 Å². The van der Waals surface area contributed by atoms with Crippen LogP contribution >= 0.6 is 11.3 Å². The Bertz CT molecular complexity index is 704. The summed E-state index contributed by atoms with van der Waals surface area (Å²) in [4.78, 5) is 35.5. The van der Waals surface area contributed by atoms with Gasteiger partial charge in [-0.2, -0.15) is 0 Å². The predicted molar refractivity (Wildman–Crippen MR) is 96.9 cm³/mol. The third-order valence-electron chi connectivity index (χ3n) is 4.26. The lowest BCUT2D eigenvalue weighted by atomic mass is 10.3. The monoisotopic (exact) mass is 361 g/mol. The zero-order valence-electron chi connectivity index (χ0n) is 14.3. The molecule has 2 aromatic heterocycles. The first-order valence-electron chi connectivity index (χ1n) is 8.56. The van der Waals surface area contributed by atoms with Crippen LogP contribution in [-0.4, -0.2) is 64.4 Å². The van der Waals surface area contributed by atoms with E-state index in [2.05, 4.69) is 27.6 Å². The van der Waals surface area contributed by atoms with E-state index < -0.39 is 0 Å². The number of urea groups is 1. The lowest BCUT2D eigenvalue weighted by Gasteiger charge is -2.34. The third kappa shape index (κ3) is 4.39. The van der Waals surface area contributed by atoms with Crippen molar-refractivity contribution in [3.8, 4) is 0 Å². The molecule has 1 aliphatic rings. The van der Waals surface area contributed by atoms with Crippen LogP contribution < -0.4 is 5.32 Å². The van der Waals surface area contributed by atoms with E-state index in [0.29, 0.717) is 38.4 Å². The van der Waals surface area contributed by atoms with Crippen LogP contribution in [0.1, 0.15) is 28.1 Å². The van der Waals surface area contributed by atoms with Gasteiger partial charge in [0.25, 0.3) is 5.91 Å². The highest BCUT2D eigenvalue weighted by Crippen LogP contribution is 2.11. The SMILES string of the molecule is CCc1csc(CCNC(=O)N2CCN(C(=O)c3ccc[nH]3)CC2)n1. The van der Waals surface area contributed by atoms with Crippen LogP contribution in [0.4, 0.5) is 4.79 Å². The molecule has 8 heteroatoms. The van der Waals surface area contributed by atoms with Gasteiger partial charge in [-0.3, -0.25) is 4.79 Å². The molecule has 1 aliphatic heterocycles. The number of aromatic nitrogens is 2. The number of aryl methyl sites for hydroxylation is 1. The number of hydrogen-bond acceptors (Lipinski definition) is 4. The van der Waals surface area contributed by atoms with E-state index in [4.69, 9.17) is 0 Å². The van der Waals surface area contributed by atoms with E-state index in [1.165, 1.54) is 0 Å². The molecule has 2 aromatic rings. The smallest absolute Gasteiger partial charge is 0.317 e. The van der Waals surface area contributed by atoms with Crippen molar-refractivity contribution in [2.24, 2.45) is 0 Å². The van der Waals surface area contributed by atoms with Gasteiger partial charge in [-0.25, -0.2) is 9.78 Å². The topological polar surface area (TPSA) is 81.3 Å². The van der Waals surface area contributed by atoms with Crippen molar-refractivity contribution in [2.45, 2.75) is 19.8 Å². The zero-order chi connectivity index (χ0) is 17.6. The fourth-order valence-corrected chi connectivity index (χ4v) is 3.64. The predicted octanol–water partition coefficient (Wildman–Crippen LogP) is 1.74. The summed E-state index contributed by atoms with van der Waals surface area (Å²) in [5, 5.41) is 6.06. The minimum absolute atomic E-state index is 0.0134. The molecule has 0 atom stereocenters. The van der Waals surface area contributed by atoms with Crippen molar-refractivity contribution in [1.29, 1.82) is 0 Å². The van der Waals surface area contributed by atoms with E-state index in [1.807, 2.05) is 6.07 Å². The van der Waals surface area contributed by atoms with Gasteiger partial charge >= 0.3 is 6.03 Å². The van der Waals surface area contributed by atoms with Crippen LogP contribution in [-0.2, 0) is 12.8 Å². The van der Waals surface area contributed by atoms with Crippen LogP contribution in [0.3, 0.4) is 0 Å². The number of amides is 3. The number of thiazole rings is 1. The standard InChI is InChI=1S/C17H23N5O2S/c1-2-13-12-25-15(20-13)5-7-19-17(24)22-10-8-21(9-11-22)16(23)14-4-3-6-18-14/h3-4,6,12,18H,2,5,7-11H2,1H3,(H,19,24). The maximum absolute atomic E-state index is 12.3. The molecule has 0 radical (unpaired) electrons. The molecule has 0 aromatic carbocycles. The molecular weight excluding hydrogens is 338 g/mol. The van der Waals surface area contributed by atoms with E-state index in [-0.39, 0.29) is 11.9 Å². The molecule has 3 rings (SSSR count). The van der Waals surface area contributed by atoms with Gasteiger partial charge in [-0.15, -0.1) is 11.3 Å². The Balaban J connectivity index is 1.40. The highest BCUT2D eigenvalue weighted by molar-refractivity contribution is 7.09. The second-order valence-electron chi connectivity index (χ2n) is 5.93. The lowest BCUT2D eigenvalue weighted by Crippen LogP contribution is -2.53. The number of carbonyl (C=O) groups excluding carboxylic acids is 2. The minimum atomic E-state index is -0.0701. The summed E-state index contributed by atoms with van der Waals surface area (Å²) < 4.78 is 0. The molecule has 0 unspecified atom stereocenters. The zero-order valence-corrected chi connectivity index (χ0v) is 15.1. The maximum Gasteiger partial charge on any atom is 0.317 e. The molecule has 0 aliphatic carbocycles. The fourth-order valence-electron chi connectivity index (χ4n) is 2.76. The van der Waals surface area contributed by atoms with Crippen LogP contribution in [0.5, 0.6) is 0 Å². The van der Waals surface area contributed by atoms with Crippen molar-refractivity contribution in [2.75, 3.05) is 32.7 Å². The average molecular weight is 361 g/mol. The summed E-state index contributed by atoms with van der Waals surface area (Å²) in [7, 11) is 0. The second-order valence-corrected chi connectivity index (χ2v) is 6.87. The van der Waals surface area contributed by atoms with E-state index in [0.717, 1.165) is 23.5 Å². The molecule has 0 bridgehead atoms. The van der Waals surface area contributed by atoms with Crippen molar-refractivity contribution in [3.63, 3.8) is 0 Å². The lowest BCUT2D eigenvalue weighted by molar-refractivity contribution is 0.0660. The second kappa shape index (κ2) is 8.15. The number of hydrogen-bond donors (Lipinski definition) is 2. The maximum atomic E-state index is 12.3. The molecule has 134 valence electrons. The Morgan fingerprint density at radius 2 is 2.04 bits per heavy atom. The Labute approximate surface area is 151 Å². The number of nitrogens with one attached hydrogen (secondary N) is 2. The molecule has 25 heavy (non-hydrogen) atoms. The molecule has 1 saturated heterocycles. The molecule has 1 fully saturated rings. The minimum Gasteiger partial charge on any atom is -0.357 e. The van der Waals surface area contributed by atoms with Gasteiger partial charge in [-0.05, 0) is 18.6 Å². The average Bonchev–Trinajstić information content (AvgIpc) is 3.33. The Morgan fingerprint density at radius 3 is 2.68 bits per heavy atom. The van der Waals surface area contributed by atoms with Crippen LogP contribution in [0.15, 0.2) is 23.7 Å². The quantitative estimate of drug-likeness (QED) is 0.851. The fraction of sp³-hybridized carbons (Fsp3) is 0.471. The molecule has 0 spiro atoms. The van der Waals surface area contributed by atoms with E-state index >= 15 is 0 Å². The van der Waals surface area contributed by atoms with Gasteiger partial charge < -0.3 is 20.1 Å². The van der Waals surface area contributed by atoms with Gasteiger partial charge in [0.1, 0.15) is 5.69 Å². The number of rotatable bonds is 5. The number of piperazine rings is 1. The number of aromatic amines is 1. The molecular formula is C17H23N5O2S. The normalized spacial score (nSPS) is 14.6. The van der Waals surface area contributed by atoms with Crippen molar-refractivity contribution < 1.29 is 9.59 Å². The van der Waals surface area contributed by atoms with Crippen molar-refractivity contribution >= 4 is 23.3 Å². The first-order chi connectivity index (χ1) is 12.2. The largest absolute Gasteiger partial charge is 0.357 e. The molecule has 2 N–H and O–H groups in total. The molecule has 7 nitrogen and oxygen atoms in total. The molecule has 3 heterocycles. The highest BCUT2D eigenvalue weighted by atomic mass is 32.1. The third-order valence-corrected chi connectivity index (χ3v) is 5.22. The first kappa shape index (κ1) is 17.5. The summed E-state index contributed by atoms with van der Waals surface area (Å²) in [5.41, 5.74) is 1.70. The summed E-state index contributed by atoms with van der Waals surface area (Å²) in [6, 6.07) is 3.51. The number of carbonyl (C=O) groups is 2. The van der Waals surface area contributed by atoms with Crippen LogP contribution in [0.25, 0.3) is 0 Å². The van der Waals surface area contributed by atoms with Gasteiger partial charge in [0.15, 0.2) is 0 Å². The van der Waals surface area contributed by atoms with Gasteiger partial charge in [0, 0.05) is 50.7 Å². The van der Waals surface area contributed by atoms with Crippen molar-refractivity contribution in [3.05, 3.63) is 40.1 Å². The molecule has 0 saturated carbocycles.